The predicted molar refractivity (Wildman–Crippen MR) is 78.3 cm³/mol. The molecule has 0 atom stereocenters. The fourth-order valence-corrected chi connectivity index (χ4v) is 2.87. The maximum Gasteiger partial charge on any atom is 0.267 e. The van der Waals surface area contributed by atoms with E-state index in [0.29, 0.717) is 22.0 Å². The normalized spacial score (nSPS) is 10.9. The Morgan fingerprint density at radius 3 is 2.75 bits per heavy atom. The Morgan fingerprint density at radius 2 is 2.05 bits per heavy atom. The van der Waals surface area contributed by atoms with Crippen LogP contribution in [0, 0.1) is 20.8 Å². The highest BCUT2D eigenvalue weighted by atomic mass is 32.1. The number of hydrogen-bond donors (Lipinski definition) is 1. The number of oxazole rings is 1. The number of aryl methyl sites for hydroxylation is 3. The molecule has 1 amide bonds. The Bertz CT molecular complexity index is 804. The number of fused-ring (bicyclic) bond motifs is 1. The van der Waals surface area contributed by atoms with Crippen LogP contribution in [0.5, 0.6) is 0 Å². The molecule has 0 aliphatic heterocycles. The summed E-state index contributed by atoms with van der Waals surface area (Å²) in [5.74, 6) is 0.463. The molecule has 0 saturated heterocycles. The van der Waals surface area contributed by atoms with E-state index in [4.69, 9.17) is 4.42 Å². The van der Waals surface area contributed by atoms with Crippen molar-refractivity contribution in [1.82, 2.24) is 9.97 Å². The molecular formula is C14H13N3O2S. The largest absolute Gasteiger partial charge is 0.441 e. The lowest BCUT2D eigenvalue weighted by Crippen LogP contribution is -2.11. The summed E-state index contributed by atoms with van der Waals surface area (Å²) in [6, 6.07) is 5.40. The number of rotatable bonds is 2. The molecule has 5 nitrogen and oxygen atoms in total. The van der Waals surface area contributed by atoms with E-state index in [-0.39, 0.29) is 5.91 Å². The average Bonchev–Trinajstić information content (AvgIpc) is 2.90. The summed E-state index contributed by atoms with van der Waals surface area (Å²) in [5, 5.41) is 3.75. The van der Waals surface area contributed by atoms with E-state index in [2.05, 4.69) is 15.3 Å². The van der Waals surface area contributed by atoms with Gasteiger partial charge >= 0.3 is 0 Å². The summed E-state index contributed by atoms with van der Waals surface area (Å²) < 4.78 is 5.40. The van der Waals surface area contributed by atoms with Crippen molar-refractivity contribution in [2.75, 3.05) is 5.32 Å². The summed E-state index contributed by atoms with van der Waals surface area (Å²) in [6.07, 6.45) is 0. The third-order valence-corrected chi connectivity index (χ3v) is 3.93. The molecule has 102 valence electrons. The van der Waals surface area contributed by atoms with Crippen LogP contribution in [-0.2, 0) is 0 Å². The Kier molecular flexibility index (Phi) is 3.02. The van der Waals surface area contributed by atoms with Gasteiger partial charge in [-0.1, -0.05) is 0 Å². The van der Waals surface area contributed by atoms with E-state index in [1.54, 1.807) is 25.1 Å². The van der Waals surface area contributed by atoms with Crippen molar-refractivity contribution in [2.45, 2.75) is 20.8 Å². The molecule has 2 aromatic heterocycles. The second kappa shape index (κ2) is 4.72. The molecule has 3 rings (SSSR count). The van der Waals surface area contributed by atoms with Crippen molar-refractivity contribution < 1.29 is 9.21 Å². The molecule has 0 radical (unpaired) electrons. The minimum Gasteiger partial charge on any atom is -0.441 e. The fourth-order valence-electron chi connectivity index (χ4n) is 2.05. The second-order valence-corrected chi connectivity index (χ2v) is 5.72. The number of amides is 1. The van der Waals surface area contributed by atoms with E-state index in [0.717, 1.165) is 16.2 Å². The summed E-state index contributed by atoms with van der Waals surface area (Å²) >= 11 is 1.39. The first kappa shape index (κ1) is 12.8. The number of hydrogen-bond acceptors (Lipinski definition) is 5. The van der Waals surface area contributed by atoms with Crippen molar-refractivity contribution >= 4 is 34.0 Å². The highest BCUT2D eigenvalue weighted by Gasteiger charge is 2.14. The monoisotopic (exact) mass is 287 g/mol. The van der Waals surface area contributed by atoms with Crippen LogP contribution < -0.4 is 5.32 Å². The number of carbonyl (C=O) groups excluding carboxylic acids is 1. The zero-order valence-corrected chi connectivity index (χ0v) is 12.2. The summed E-state index contributed by atoms with van der Waals surface area (Å²) in [4.78, 5) is 21.3. The number of thiazole rings is 1. The molecule has 0 aliphatic rings. The number of nitrogens with zero attached hydrogens (tertiary/aromatic N) is 2. The molecule has 0 spiro atoms. The number of nitrogens with one attached hydrogen (secondary N) is 1. The van der Waals surface area contributed by atoms with Gasteiger partial charge in [0, 0.05) is 12.6 Å². The number of carbonyl (C=O) groups is 1. The molecule has 6 heteroatoms. The Balaban J connectivity index is 1.88. The molecule has 0 fully saturated rings. The molecule has 0 aliphatic carbocycles. The first-order chi connectivity index (χ1) is 9.52. The van der Waals surface area contributed by atoms with Crippen LogP contribution in [0.25, 0.3) is 11.1 Å². The molecular weight excluding hydrogens is 274 g/mol. The van der Waals surface area contributed by atoms with Gasteiger partial charge in [-0.25, -0.2) is 9.97 Å². The van der Waals surface area contributed by atoms with Gasteiger partial charge in [-0.3, -0.25) is 4.79 Å². The van der Waals surface area contributed by atoms with Crippen LogP contribution in [0.2, 0.25) is 0 Å². The molecule has 0 bridgehead atoms. The van der Waals surface area contributed by atoms with Crippen LogP contribution in [0.3, 0.4) is 0 Å². The number of benzene rings is 1. The van der Waals surface area contributed by atoms with Crippen LogP contribution in [-0.4, -0.2) is 15.9 Å². The summed E-state index contributed by atoms with van der Waals surface area (Å²) in [5.41, 5.74) is 2.90. The lowest BCUT2D eigenvalue weighted by molar-refractivity contribution is 0.103. The zero-order chi connectivity index (χ0) is 14.3. The molecule has 1 aromatic carbocycles. The average molecular weight is 287 g/mol. The third-order valence-electron chi connectivity index (χ3n) is 2.86. The van der Waals surface area contributed by atoms with Gasteiger partial charge in [0.15, 0.2) is 11.5 Å². The van der Waals surface area contributed by atoms with Gasteiger partial charge in [0.1, 0.15) is 10.4 Å². The Labute approximate surface area is 119 Å². The van der Waals surface area contributed by atoms with Crippen molar-refractivity contribution in [3.63, 3.8) is 0 Å². The van der Waals surface area contributed by atoms with Crippen molar-refractivity contribution in [3.05, 3.63) is 39.7 Å². The van der Waals surface area contributed by atoms with Gasteiger partial charge in [0.05, 0.1) is 10.7 Å². The van der Waals surface area contributed by atoms with E-state index in [9.17, 15) is 4.79 Å². The molecule has 3 aromatic rings. The highest BCUT2D eigenvalue weighted by molar-refractivity contribution is 7.13. The van der Waals surface area contributed by atoms with Crippen molar-refractivity contribution in [2.24, 2.45) is 0 Å². The molecule has 1 N–H and O–H groups in total. The van der Waals surface area contributed by atoms with Crippen molar-refractivity contribution in [3.8, 4) is 0 Å². The molecule has 2 heterocycles. The van der Waals surface area contributed by atoms with E-state index in [1.165, 1.54) is 11.3 Å². The first-order valence-electron chi connectivity index (χ1n) is 6.15. The van der Waals surface area contributed by atoms with E-state index < -0.39 is 0 Å². The lowest BCUT2D eigenvalue weighted by atomic mass is 10.2. The highest BCUT2D eigenvalue weighted by Crippen LogP contribution is 2.22. The SMILES string of the molecule is Cc1nc2cc(NC(=O)c3sc(C)nc3C)ccc2o1. The van der Waals surface area contributed by atoms with Gasteiger partial charge in [0.2, 0.25) is 0 Å². The lowest BCUT2D eigenvalue weighted by Gasteiger charge is -2.03. The van der Waals surface area contributed by atoms with E-state index in [1.807, 2.05) is 13.8 Å². The molecule has 0 unspecified atom stereocenters. The van der Waals surface area contributed by atoms with Gasteiger partial charge in [0.25, 0.3) is 5.91 Å². The Hall–Kier alpha value is -2.21. The summed E-state index contributed by atoms with van der Waals surface area (Å²) in [6.45, 7) is 5.52. The van der Waals surface area contributed by atoms with Gasteiger partial charge in [-0.05, 0) is 32.0 Å². The Morgan fingerprint density at radius 1 is 1.25 bits per heavy atom. The minimum atomic E-state index is -0.146. The molecule has 20 heavy (non-hydrogen) atoms. The van der Waals surface area contributed by atoms with Gasteiger partial charge < -0.3 is 9.73 Å². The third kappa shape index (κ3) is 2.30. The van der Waals surface area contributed by atoms with Crippen LogP contribution in [0.15, 0.2) is 22.6 Å². The predicted octanol–water partition coefficient (Wildman–Crippen LogP) is 3.46. The van der Waals surface area contributed by atoms with Crippen LogP contribution in [0.4, 0.5) is 5.69 Å². The quantitative estimate of drug-likeness (QED) is 0.783. The topological polar surface area (TPSA) is 68.0 Å². The maximum absolute atomic E-state index is 12.2. The standard InChI is InChI=1S/C14H13N3O2S/c1-7-13(20-9(3)15-7)14(18)17-10-4-5-12-11(6-10)16-8(2)19-12/h4-6H,1-3H3,(H,17,18). The van der Waals surface area contributed by atoms with Crippen molar-refractivity contribution in [1.29, 1.82) is 0 Å². The second-order valence-electron chi connectivity index (χ2n) is 4.52. The number of aromatic nitrogens is 2. The van der Waals surface area contributed by atoms with Gasteiger partial charge in [-0.15, -0.1) is 11.3 Å². The zero-order valence-electron chi connectivity index (χ0n) is 11.4. The van der Waals surface area contributed by atoms with Gasteiger partial charge in [-0.2, -0.15) is 0 Å². The minimum absolute atomic E-state index is 0.146. The van der Waals surface area contributed by atoms with Crippen LogP contribution in [0.1, 0.15) is 26.3 Å². The number of anilines is 1. The summed E-state index contributed by atoms with van der Waals surface area (Å²) in [7, 11) is 0. The first-order valence-corrected chi connectivity index (χ1v) is 6.97. The maximum atomic E-state index is 12.2. The smallest absolute Gasteiger partial charge is 0.267 e. The van der Waals surface area contributed by atoms with Crippen LogP contribution >= 0.6 is 11.3 Å². The molecule has 0 saturated carbocycles. The van der Waals surface area contributed by atoms with E-state index >= 15 is 0 Å². The fraction of sp³-hybridized carbons (Fsp3) is 0.214.